The summed E-state index contributed by atoms with van der Waals surface area (Å²) in [5.74, 6) is -2.47. The molecule has 0 radical (unpaired) electrons. The van der Waals surface area contributed by atoms with Gasteiger partial charge < -0.3 is 5.32 Å². The zero-order chi connectivity index (χ0) is 14.0. The molecule has 0 unspecified atom stereocenters. The SMILES string of the molecule is C/C=c1/[nH]nc(C)/c1=C(/C)NC1CCC(F)(F)CC1. The molecule has 0 aliphatic heterocycles. The Hall–Kier alpha value is -1.39. The average molecular weight is 269 g/mol. The molecule has 1 heterocycles. The molecule has 1 aliphatic rings. The summed E-state index contributed by atoms with van der Waals surface area (Å²) in [6.45, 7) is 5.88. The van der Waals surface area contributed by atoms with E-state index in [0.717, 1.165) is 22.0 Å². The van der Waals surface area contributed by atoms with Crippen molar-refractivity contribution in [1.29, 1.82) is 0 Å². The lowest BCUT2D eigenvalue weighted by molar-refractivity contribution is -0.0392. The van der Waals surface area contributed by atoms with Crippen molar-refractivity contribution in [1.82, 2.24) is 15.5 Å². The van der Waals surface area contributed by atoms with Crippen LogP contribution in [-0.2, 0) is 0 Å². The van der Waals surface area contributed by atoms with Gasteiger partial charge in [0.15, 0.2) is 0 Å². The van der Waals surface area contributed by atoms with Gasteiger partial charge in [-0.1, -0.05) is 6.08 Å². The number of nitrogens with zero attached hydrogens (tertiary/aromatic N) is 1. The molecule has 0 saturated heterocycles. The number of halogens is 2. The normalized spacial score (nSPS) is 22.5. The summed E-state index contributed by atoms with van der Waals surface area (Å²) in [7, 11) is 0. The molecule has 1 saturated carbocycles. The maximum atomic E-state index is 13.1. The third kappa shape index (κ3) is 3.14. The quantitative estimate of drug-likeness (QED) is 0.859. The van der Waals surface area contributed by atoms with E-state index < -0.39 is 5.92 Å². The minimum absolute atomic E-state index is 0.0188. The van der Waals surface area contributed by atoms with Crippen LogP contribution in [0.4, 0.5) is 8.78 Å². The molecule has 0 spiro atoms. The Kier molecular flexibility index (Phi) is 3.92. The highest BCUT2D eigenvalue weighted by Crippen LogP contribution is 2.33. The number of alkyl halides is 2. The van der Waals surface area contributed by atoms with Crippen LogP contribution in [0.5, 0.6) is 0 Å². The molecule has 1 aliphatic carbocycles. The molecule has 2 N–H and O–H groups in total. The van der Waals surface area contributed by atoms with Gasteiger partial charge in [-0.2, -0.15) is 5.10 Å². The molecule has 106 valence electrons. The average Bonchev–Trinajstić information content (AvgIpc) is 2.73. The van der Waals surface area contributed by atoms with Gasteiger partial charge in [0.2, 0.25) is 5.92 Å². The Labute approximate surface area is 111 Å². The predicted octanol–water partition coefficient (Wildman–Crippen LogP) is 1.81. The second kappa shape index (κ2) is 5.31. The van der Waals surface area contributed by atoms with E-state index in [4.69, 9.17) is 0 Å². The van der Waals surface area contributed by atoms with Crippen molar-refractivity contribution >= 4 is 11.8 Å². The van der Waals surface area contributed by atoms with E-state index in [9.17, 15) is 8.78 Å². The van der Waals surface area contributed by atoms with Crippen LogP contribution in [0.3, 0.4) is 0 Å². The van der Waals surface area contributed by atoms with Gasteiger partial charge in [0, 0.05) is 29.8 Å². The number of H-pyrrole nitrogens is 1. The molecular formula is C14H21F2N3. The highest BCUT2D eigenvalue weighted by molar-refractivity contribution is 5.42. The van der Waals surface area contributed by atoms with Crippen molar-refractivity contribution < 1.29 is 8.78 Å². The van der Waals surface area contributed by atoms with E-state index in [2.05, 4.69) is 15.5 Å². The monoisotopic (exact) mass is 269 g/mol. The Morgan fingerprint density at radius 3 is 2.63 bits per heavy atom. The number of aryl methyl sites for hydroxylation is 1. The predicted molar refractivity (Wildman–Crippen MR) is 72.1 cm³/mol. The highest BCUT2D eigenvalue weighted by Gasteiger charge is 2.34. The second-order valence-electron chi connectivity index (χ2n) is 5.29. The first-order valence-corrected chi connectivity index (χ1v) is 6.75. The fourth-order valence-electron chi connectivity index (χ4n) is 2.70. The summed E-state index contributed by atoms with van der Waals surface area (Å²) in [5.41, 5.74) is 1.94. The lowest BCUT2D eigenvalue weighted by Crippen LogP contribution is -2.39. The molecule has 5 heteroatoms. The van der Waals surface area contributed by atoms with Crippen LogP contribution in [0.1, 0.15) is 45.2 Å². The third-order valence-electron chi connectivity index (χ3n) is 3.78. The first kappa shape index (κ1) is 14.0. The zero-order valence-corrected chi connectivity index (χ0v) is 11.7. The van der Waals surface area contributed by atoms with Gasteiger partial charge in [0.1, 0.15) is 0 Å². The van der Waals surface area contributed by atoms with Crippen LogP contribution in [-0.4, -0.2) is 22.2 Å². The number of aromatic amines is 1. The van der Waals surface area contributed by atoms with Crippen LogP contribution in [0.15, 0.2) is 0 Å². The third-order valence-corrected chi connectivity index (χ3v) is 3.78. The Bertz CT molecular complexity index is 550. The van der Waals surface area contributed by atoms with E-state index in [1.165, 1.54) is 0 Å². The van der Waals surface area contributed by atoms with Crippen LogP contribution < -0.4 is 15.9 Å². The van der Waals surface area contributed by atoms with E-state index in [1.54, 1.807) is 0 Å². The maximum absolute atomic E-state index is 13.1. The summed E-state index contributed by atoms with van der Waals surface area (Å²) in [6, 6.07) is 0.138. The Morgan fingerprint density at radius 1 is 1.42 bits per heavy atom. The van der Waals surface area contributed by atoms with Crippen molar-refractivity contribution in [3.05, 3.63) is 16.3 Å². The molecule has 1 aromatic heterocycles. The van der Waals surface area contributed by atoms with Crippen molar-refractivity contribution in [3.63, 3.8) is 0 Å². The first-order chi connectivity index (χ1) is 8.93. The Balaban J connectivity index is 2.18. The molecule has 0 atom stereocenters. The van der Waals surface area contributed by atoms with Gasteiger partial charge >= 0.3 is 0 Å². The van der Waals surface area contributed by atoms with Gasteiger partial charge in [-0.05, 0) is 33.6 Å². The number of rotatable bonds is 2. The highest BCUT2D eigenvalue weighted by atomic mass is 19.3. The van der Waals surface area contributed by atoms with Crippen molar-refractivity contribution in [3.8, 4) is 0 Å². The Morgan fingerprint density at radius 2 is 2.05 bits per heavy atom. The second-order valence-corrected chi connectivity index (χ2v) is 5.29. The van der Waals surface area contributed by atoms with E-state index in [-0.39, 0.29) is 18.9 Å². The van der Waals surface area contributed by atoms with E-state index in [0.29, 0.717) is 12.8 Å². The fourth-order valence-corrected chi connectivity index (χ4v) is 2.70. The molecule has 0 aromatic carbocycles. The lowest BCUT2D eigenvalue weighted by Gasteiger charge is -2.29. The molecule has 0 amide bonds. The molecule has 2 rings (SSSR count). The molecule has 1 fully saturated rings. The largest absolute Gasteiger partial charge is 0.385 e. The minimum atomic E-state index is -2.47. The van der Waals surface area contributed by atoms with Crippen LogP contribution in [0.2, 0.25) is 0 Å². The summed E-state index contributed by atoms with van der Waals surface area (Å²) in [6.07, 6.45) is 2.97. The molecule has 19 heavy (non-hydrogen) atoms. The molecule has 1 aromatic rings. The van der Waals surface area contributed by atoms with Crippen LogP contribution in [0.25, 0.3) is 11.8 Å². The number of nitrogens with one attached hydrogen (secondary N) is 2. The fraction of sp³-hybridized carbons (Fsp3) is 0.643. The number of aromatic nitrogens is 2. The van der Waals surface area contributed by atoms with Gasteiger partial charge in [-0.25, -0.2) is 8.78 Å². The maximum Gasteiger partial charge on any atom is 0.248 e. The lowest BCUT2D eigenvalue weighted by atomic mass is 9.92. The number of hydrogen-bond acceptors (Lipinski definition) is 2. The van der Waals surface area contributed by atoms with Gasteiger partial charge in [-0.3, -0.25) is 5.10 Å². The summed E-state index contributed by atoms with van der Waals surface area (Å²) < 4.78 is 26.2. The van der Waals surface area contributed by atoms with E-state index >= 15 is 0 Å². The van der Waals surface area contributed by atoms with Crippen molar-refractivity contribution in [2.75, 3.05) is 0 Å². The summed E-state index contributed by atoms with van der Waals surface area (Å²) in [5, 5.41) is 12.6. The van der Waals surface area contributed by atoms with Gasteiger partial charge in [-0.15, -0.1) is 0 Å². The number of hydrogen-bond donors (Lipinski definition) is 2. The van der Waals surface area contributed by atoms with Crippen molar-refractivity contribution in [2.45, 2.75) is 58.4 Å². The van der Waals surface area contributed by atoms with Gasteiger partial charge in [0.25, 0.3) is 0 Å². The minimum Gasteiger partial charge on any atom is -0.385 e. The van der Waals surface area contributed by atoms with Crippen LogP contribution >= 0.6 is 0 Å². The topological polar surface area (TPSA) is 40.7 Å². The zero-order valence-electron chi connectivity index (χ0n) is 11.7. The molecule has 0 bridgehead atoms. The standard InChI is InChI=1S/C14H21F2N3/c1-4-12-13(10(3)18-19-12)9(2)17-11-5-7-14(15,16)8-6-11/h4,11,17,19H,5-8H2,1-3H3/b12-4+,13-9+. The molecule has 3 nitrogen and oxygen atoms in total. The summed E-state index contributed by atoms with van der Waals surface area (Å²) in [4.78, 5) is 0. The first-order valence-electron chi connectivity index (χ1n) is 6.75. The molecular weight excluding hydrogens is 248 g/mol. The smallest absolute Gasteiger partial charge is 0.248 e. The van der Waals surface area contributed by atoms with Crippen molar-refractivity contribution in [2.24, 2.45) is 0 Å². The van der Waals surface area contributed by atoms with Gasteiger partial charge in [0.05, 0.1) is 11.0 Å². The van der Waals surface area contributed by atoms with Crippen LogP contribution in [0, 0.1) is 6.92 Å². The summed E-state index contributed by atoms with van der Waals surface area (Å²) >= 11 is 0. The van der Waals surface area contributed by atoms with E-state index in [1.807, 2.05) is 26.8 Å².